The molecule has 2 rings (SSSR count). The smallest absolute Gasteiger partial charge is 0.331 e. The lowest BCUT2D eigenvalue weighted by molar-refractivity contribution is -0.146. The number of nitrogens with zero attached hydrogens (tertiary/aromatic N) is 1. The van der Waals surface area contributed by atoms with Gasteiger partial charge >= 0.3 is 5.97 Å². The molecule has 1 aliphatic rings. The molecule has 0 aliphatic carbocycles. The van der Waals surface area contributed by atoms with Crippen LogP contribution in [0.1, 0.15) is 5.56 Å². The minimum absolute atomic E-state index is 0.284. The first kappa shape index (κ1) is 16.7. The van der Waals surface area contributed by atoms with E-state index in [-0.39, 0.29) is 12.5 Å². The Morgan fingerprint density at radius 2 is 2.00 bits per heavy atom. The molecular weight excluding hydrogens is 302 g/mol. The minimum atomic E-state index is -0.603. The summed E-state index contributed by atoms with van der Waals surface area (Å²) in [5, 5.41) is 0. The van der Waals surface area contributed by atoms with Crippen molar-refractivity contribution in [3.63, 3.8) is 0 Å². The summed E-state index contributed by atoms with van der Waals surface area (Å²) in [5.74, 6) is 0.751. The Hall–Kier alpha value is -2.70. The van der Waals surface area contributed by atoms with Crippen molar-refractivity contribution in [1.29, 1.82) is 0 Å². The summed E-state index contributed by atoms with van der Waals surface area (Å²) < 4.78 is 21.1. The van der Waals surface area contributed by atoms with E-state index in [9.17, 15) is 9.59 Å². The Balaban J connectivity index is 2.04. The number of rotatable bonds is 5. The summed E-state index contributed by atoms with van der Waals surface area (Å²) >= 11 is 0. The molecule has 1 amide bonds. The van der Waals surface area contributed by atoms with Gasteiger partial charge in [0, 0.05) is 20.2 Å². The van der Waals surface area contributed by atoms with Crippen LogP contribution < -0.4 is 14.2 Å². The zero-order valence-corrected chi connectivity index (χ0v) is 13.3. The number of hydrogen-bond acceptors (Lipinski definition) is 6. The normalized spacial score (nSPS) is 12.8. The molecule has 1 aliphatic heterocycles. The molecule has 1 aromatic rings. The molecule has 124 valence electrons. The van der Waals surface area contributed by atoms with Gasteiger partial charge < -0.3 is 23.8 Å². The second-order valence-corrected chi connectivity index (χ2v) is 4.98. The van der Waals surface area contributed by atoms with E-state index in [4.69, 9.17) is 18.9 Å². The molecule has 0 spiro atoms. The SMILES string of the molecule is COc1cc(/C=C/C(=O)OCC(=O)N(C)C)cc2c1OCCO2. The van der Waals surface area contributed by atoms with Crippen LogP contribution in [0.5, 0.6) is 17.2 Å². The number of esters is 1. The summed E-state index contributed by atoms with van der Waals surface area (Å²) in [5.41, 5.74) is 0.696. The van der Waals surface area contributed by atoms with E-state index >= 15 is 0 Å². The molecule has 0 fully saturated rings. The summed E-state index contributed by atoms with van der Waals surface area (Å²) in [7, 11) is 4.71. The van der Waals surface area contributed by atoms with Crippen LogP contribution in [0.4, 0.5) is 0 Å². The van der Waals surface area contributed by atoms with Crippen molar-refractivity contribution in [3.05, 3.63) is 23.8 Å². The number of carbonyl (C=O) groups is 2. The van der Waals surface area contributed by atoms with E-state index in [1.807, 2.05) is 0 Å². The van der Waals surface area contributed by atoms with Gasteiger partial charge in [0.15, 0.2) is 18.1 Å². The molecule has 0 aromatic heterocycles. The topological polar surface area (TPSA) is 74.3 Å². The van der Waals surface area contributed by atoms with Crippen LogP contribution in [0.25, 0.3) is 6.08 Å². The molecule has 0 unspecified atom stereocenters. The van der Waals surface area contributed by atoms with Gasteiger partial charge in [0.2, 0.25) is 5.75 Å². The van der Waals surface area contributed by atoms with E-state index in [1.54, 1.807) is 32.3 Å². The number of ether oxygens (including phenoxy) is 4. The Bertz CT molecular complexity index is 606. The molecule has 0 N–H and O–H groups in total. The zero-order chi connectivity index (χ0) is 16.8. The predicted octanol–water partition coefficient (Wildman–Crippen LogP) is 1.11. The molecular formula is C16H19NO6. The third-order valence-corrected chi connectivity index (χ3v) is 3.10. The summed E-state index contributed by atoms with van der Waals surface area (Å²) in [6.07, 6.45) is 2.80. The van der Waals surface area contributed by atoms with Crippen LogP contribution in [-0.4, -0.2) is 57.8 Å². The Kier molecular flexibility index (Phi) is 5.46. The van der Waals surface area contributed by atoms with E-state index in [2.05, 4.69) is 0 Å². The molecule has 0 saturated carbocycles. The fourth-order valence-electron chi connectivity index (χ4n) is 1.86. The second kappa shape index (κ2) is 7.53. The molecule has 23 heavy (non-hydrogen) atoms. The largest absolute Gasteiger partial charge is 0.493 e. The molecule has 1 aromatic carbocycles. The van der Waals surface area contributed by atoms with Crippen LogP contribution >= 0.6 is 0 Å². The van der Waals surface area contributed by atoms with E-state index in [0.717, 1.165) is 0 Å². The van der Waals surface area contributed by atoms with E-state index in [1.165, 1.54) is 18.1 Å². The average molecular weight is 321 g/mol. The number of carbonyl (C=O) groups excluding carboxylic acids is 2. The van der Waals surface area contributed by atoms with Gasteiger partial charge in [-0.3, -0.25) is 4.79 Å². The molecule has 1 heterocycles. The number of hydrogen-bond donors (Lipinski definition) is 0. The summed E-state index contributed by atoms with van der Waals surface area (Å²) in [6.45, 7) is 0.628. The van der Waals surface area contributed by atoms with Gasteiger partial charge in [-0.15, -0.1) is 0 Å². The second-order valence-electron chi connectivity index (χ2n) is 4.98. The van der Waals surface area contributed by atoms with Gasteiger partial charge in [-0.2, -0.15) is 0 Å². The van der Waals surface area contributed by atoms with Crippen molar-refractivity contribution in [2.75, 3.05) is 41.0 Å². The number of likely N-dealkylation sites (N-methyl/N-ethyl adjacent to an activating group) is 1. The van der Waals surface area contributed by atoms with Gasteiger partial charge in [-0.05, 0) is 23.8 Å². The van der Waals surface area contributed by atoms with Crippen molar-refractivity contribution >= 4 is 18.0 Å². The lowest BCUT2D eigenvalue weighted by Gasteiger charge is -2.20. The van der Waals surface area contributed by atoms with Gasteiger partial charge in [-0.25, -0.2) is 4.79 Å². The molecule has 0 radical (unpaired) electrons. The van der Waals surface area contributed by atoms with Crippen molar-refractivity contribution in [3.8, 4) is 17.2 Å². The van der Waals surface area contributed by atoms with Crippen molar-refractivity contribution in [2.45, 2.75) is 0 Å². The number of amides is 1. The molecule has 7 nitrogen and oxygen atoms in total. The van der Waals surface area contributed by atoms with Crippen molar-refractivity contribution in [2.24, 2.45) is 0 Å². The van der Waals surface area contributed by atoms with Crippen LogP contribution in [-0.2, 0) is 14.3 Å². The van der Waals surface area contributed by atoms with Crippen LogP contribution in [0.15, 0.2) is 18.2 Å². The van der Waals surface area contributed by atoms with Gasteiger partial charge in [-0.1, -0.05) is 0 Å². The first-order valence-corrected chi connectivity index (χ1v) is 7.04. The fourth-order valence-corrected chi connectivity index (χ4v) is 1.86. The lowest BCUT2D eigenvalue weighted by atomic mass is 10.1. The highest BCUT2D eigenvalue weighted by Crippen LogP contribution is 2.40. The highest BCUT2D eigenvalue weighted by atomic mass is 16.6. The fraction of sp³-hybridized carbons (Fsp3) is 0.375. The van der Waals surface area contributed by atoms with Crippen molar-refractivity contribution < 1.29 is 28.5 Å². The highest BCUT2D eigenvalue weighted by Gasteiger charge is 2.17. The maximum Gasteiger partial charge on any atom is 0.331 e. The molecule has 0 atom stereocenters. The monoisotopic (exact) mass is 321 g/mol. The Labute approximate surface area is 134 Å². The molecule has 0 saturated heterocycles. The first-order valence-electron chi connectivity index (χ1n) is 7.04. The predicted molar refractivity (Wildman–Crippen MR) is 82.7 cm³/mol. The van der Waals surface area contributed by atoms with Crippen LogP contribution in [0.3, 0.4) is 0 Å². The van der Waals surface area contributed by atoms with Crippen LogP contribution in [0.2, 0.25) is 0 Å². The standard InChI is InChI=1S/C16H19NO6/c1-17(2)14(18)10-23-15(19)5-4-11-8-12(20-3)16-13(9-11)21-6-7-22-16/h4-5,8-9H,6-7,10H2,1-3H3/b5-4+. The number of methoxy groups -OCH3 is 1. The number of benzene rings is 1. The van der Waals surface area contributed by atoms with Crippen molar-refractivity contribution in [1.82, 2.24) is 4.90 Å². The van der Waals surface area contributed by atoms with Gasteiger partial charge in [0.05, 0.1) is 7.11 Å². The minimum Gasteiger partial charge on any atom is -0.493 e. The summed E-state index contributed by atoms with van der Waals surface area (Å²) in [6, 6.07) is 3.47. The average Bonchev–Trinajstić information content (AvgIpc) is 2.56. The first-order chi connectivity index (χ1) is 11.0. The van der Waals surface area contributed by atoms with E-state index in [0.29, 0.717) is 36.0 Å². The highest BCUT2D eigenvalue weighted by molar-refractivity contribution is 5.89. The third-order valence-electron chi connectivity index (χ3n) is 3.10. The van der Waals surface area contributed by atoms with E-state index < -0.39 is 5.97 Å². The maximum atomic E-state index is 11.6. The number of fused-ring (bicyclic) bond motifs is 1. The van der Waals surface area contributed by atoms with Crippen LogP contribution in [0, 0.1) is 0 Å². The van der Waals surface area contributed by atoms with Gasteiger partial charge in [0.1, 0.15) is 13.2 Å². The maximum absolute atomic E-state index is 11.6. The quantitative estimate of drug-likeness (QED) is 0.597. The molecule has 0 bridgehead atoms. The summed E-state index contributed by atoms with van der Waals surface area (Å²) in [4.78, 5) is 24.3. The van der Waals surface area contributed by atoms with Gasteiger partial charge in [0.25, 0.3) is 5.91 Å². The lowest BCUT2D eigenvalue weighted by Crippen LogP contribution is -2.27. The third kappa shape index (κ3) is 4.38. The zero-order valence-electron chi connectivity index (χ0n) is 13.3. The Morgan fingerprint density at radius 3 is 2.70 bits per heavy atom. The molecule has 7 heteroatoms. The Morgan fingerprint density at radius 1 is 1.26 bits per heavy atom.